The highest BCUT2D eigenvalue weighted by molar-refractivity contribution is 7.19. The molecule has 0 saturated carbocycles. The standard InChI is InChI=1S/C20H18FN3OS2/c1-12-6-7-16(27-12)15-11-26-20-18(15)19(25)22-17(23-20)10-24(2)9-13-4-3-5-14(21)8-13/h3-8,11H,9-10H2,1-2H3,(H,22,23,25)/p+1. The van der Waals surface area contributed by atoms with Gasteiger partial charge in [0, 0.05) is 26.3 Å². The van der Waals surface area contributed by atoms with E-state index in [9.17, 15) is 9.18 Å². The fraction of sp³-hybridized carbons (Fsp3) is 0.200. The van der Waals surface area contributed by atoms with Crippen LogP contribution in [0.1, 0.15) is 16.3 Å². The van der Waals surface area contributed by atoms with E-state index >= 15 is 0 Å². The first-order valence-corrected chi connectivity index (χ1v) is 10.3. The van der Waals surface area contributed by atoms with Crippen LogP contribution in [0.5, 0.6) is 0 Å². The molecule has 4 rings (SSSR count). The van der Waals surface area contributed by atoms with Gasteiger partial charge in [0.1, 0.15) is 23.7 Å². The number of fused-ring (bicyclic) bond motifs is 1. The predicted octanol–water partition coefficient (Wildman–Crippen LogP) is 3.38. The Morgan fingerprint density at radius 3 is 2.81 bits per heavy atom. The normalized spacial score (nSPS) is 12.6. The van der Waals surface area contributed by atoms with Crippen LogP contribution in [-0.4, -0.2) is 17.0 Å². The summed E-state index contributed by atoms with van der Waals surface area (Å²) in [5.41, 5.74) is 1.77. The second-order valence-corrected chi connectivity index (χ2v) is 8.84. The fourth-order valence-corrected chi connectivity index (χ4v) is 5.10. The van der Waals surface area contributed by atoms with E-state index in [0.717, 1.165) is 25.7 Å². The number of quaternary nitrogens is 1. The van der Waals surface area contributed by atoms with Crippen molar-refractivity contribution in [2.45, 2.75) is 20.0 Å². The van der Waals surface area contributed by atoms with E-state index in [1.807, 2.05) is 24.6 Å². The molecule has 3 aromatic heterocycles. The molecule has 0 spiro atoms. The van der Waals surface area contributed by atoms with Crippen LogP contribution in [0.4, 0.5) is 4.39 Å². The predicted molar refractivity (Wildman–Crippen MR) is 109 cm³/mol. The lowest BCUT2D eigenvalue weighted by Crippen LogP contribution is -3.06. The summed E-state index contributed by atoms with van der Waals surface area (Å²) in [6.07, 6.45) is 0. The van der Waals surface area contributed by atoms with Crippen molar-refractivity contribution in [2.24, 2.45) is 0 Å². The minimum absolute atomic E-state index is 0.101. The Hall–Kier alpha value is -2.35. The number of thiophene rings is 2. The number of rotatable bonds is 5. The van der Waals surface area contributed by atoms with Gasteiger partial charge in [0.05, 0.1) is 12.4 Å². The fourth-order valence-electron chi connectivity index (χ4n) is 3.18. The minimum Gasteiger partial charge on any atom is -0.327 e. The molecule has 0 aliphatic carbocycles. The largest absolute Gasteiger partial charge is 0.327 e. The van der Waals surface area contributed by atoms with Crippen molar-refractivity contribution in [1.82, 2.24) is 9.97 Å². The number of benzene rings is 1. The molecule has 0 aliphatic rings. The van der Waals surface area contributed by atoms with Crippen LogP contribution in [0.25, 0.3) is 20.7 Å². The molecule has 1 atom stereocenters. The maximum Gasteiger partial charge on any atom is 0.260 e. The number of aromatic nitrogens is 2. The smallest absolute Gasteiger partial charge is 0.260 e. The van der Waals surface area contributed by atoms with Gasteiger partial charge in [0.2, 0.25) is 0 Å². The Labute approximate surface area is 163 Å². The second-order valence-electron chi connectivity index (χ2n) is 6.69. The molecule has 0 saturated heterocycles. The Bertz CT molecular complexity index is 1160. The number of aryl methyl sites for hydroxylation is 1. The molecule has 4 nitrogen and oxygen atoms in total. The number of nitrogens with one attached hydrogen (secondary N) is 2. The molecule has 2 N–H and O–H groups in total. The van der Waals surface area contributed by atoms with E-state index in [1.165, 1.54) is 28.3 Å². The molecular formula is C20H19FN3OS2+. The van der Waals surface area contributed by atoms with Crippen LogP contribution in [0, 0.1) is 12.7 Å². The lowest BCUT2D eigenvalue weighted by atomic mass is 10.2. The van der Waals surface area contributed by atoms with E-state index in [2.05, 4.69) is 23.0 Å². The van der Waals surface area contributed by atoms with Crippen molar-refractivity contribution in [2.75, 3.05) is 7.05 Å². The highest BCUT2D eigenvalue weighted by Crippen LogP contribution is 2.34. The Morgan fingerprint density at radius 1 is 1.22 bits per heavy atom. The summed E-state index contributed by atoms with van der Waals surface area (Å²) in [7, 11) is 2.00. The Balaban J connectivity index is 1.59. The number of aromatic amines is 1. The zero-order valence-electron chi connectivity index (χ0n) is 15.0. The molecule has 4 aromatic rings. The summed E-state index contributed by atoms with van der Waals surface area (Å²) in [4.78, 5) is 24.5. The molecular weight excluding hydrogens is 381 g/mol. The molecule has 27 heavy (non-hydrogen) atoms. The van der Waals surface area contributed by atoms with Gasteiger partial charge in [0.15, 0.2) is 5.82 Å². The highest BCUT2D eigenvalue weighted by atomic mass is 32.1. The van der Waals surface area contributed by atoms with E-state index in [1.54, 1.807) is 17.4 Å². The van der Waals surface area contributed by atoms with Gasteiger partial charge in [-0.15, -0.1) is 22.7 Å². The summed E-state index contributed by atoms with van der Waals surface area (Å²) in [6.45, 7) is 3.28. The molecule has 0 amide bonds. The summed E-state index contributed by atoms with van der Waals surface area (Å²) < 4.78 is 13.3. The van der Waals surface area contributed by atoms with Gasteiger partial charge in [-0.25, -0.2) is 9.37 Å². The SMILES string of the molecule is Cc1ccc(-c2csc3nc(C[NH+](C)Cc4cccc(F)c4)[nH]c(=O)c23)s1. The van der Waals surface area contributed by atoms with E-state index in [-0.39, 0.29) is 11.4 Å². The van der Waals surface area contributed by atoms with Crippen LogP contribution in [0.3, 0.4) is 0 Å². The van der Waals surface area contributed by atoms with Crippen LogP contribution < -0.4 is 10.5 Å². The number of halogens is 1. The summed E-state index contributed by atoms with van der Waals surface area (Å²) >= 11 is 3.17. The average Bonchev–Trinajstić information content (AvgIpc) is 3.21. The third-order valence-corrected chi connectivity index (χ3v) is 6.27. The van der Waals surface area contributed by atoms with Gasteiger partial charge >= 0.3 is 0 Å². The minimum atomic E-state index is -0.233. The second kappa shape index (κ2) is 7.34. The molecule has 1 aromatic carbocycles. The summed E-state index contributed by atoms with van der Waals surface area (Å²) in [6, 6.07) is 10.7. The van der Waals surface area contributed by atoms with Crippen LogP contribution in [0.2, 0.25) is 0 Å². The van der Waals surface area contributed by atoms with Gasteiger partial charge in [-0.3, -0.25) is 4.79 Å². The van der Waals surface area contributed by atoms with Gasteiger partial charge in [-0.05, 0) is 31.2 Å². The molecule has 3 heterocycles. The van der Waals surface area contributed by atoms with Gasteiger partial charge in [0.25, 0.3) is 5.56 Å². The Kier molecular flexibility index (Phi) is 4.90. The topological polar surface area (TPSA) is 50.2 Å². The molecule has 0 bridgehead atoms. The molecule has 1 unspecified atom stereocenters. The molecule has 7 heteroatoms. The number of nitrogens with zero attached hydrogens (tertiary/aromatic N) is 1. The quantitative estimate of drug-likeness (QED) is 0.540. The monoisotopic (exact) mass is 400 g/mol. The lowest BCUT2D eigenvalue weighted by molar-refractivity contribution is -0.908. The average molecular weight is 401 g/mol. The van der Waals surface area contributed by atoms with E-state index in [4.69, 9.17) is 0 Å². The van der Waals surface area contributed by atoms with Crippen LogP contribution >= 0.6 is 22.7 Å². The summed E-state index contributed by atoms with van der Waals surface area (Å²) in [5, 5.41) is 2.67. The highest BCUT2D eigenvalue weighted by Gasteiger charge is 2.16. The van der Waals surface area contributed by atoms with Gasteiger partial charge in [-0.1, -0.05) is 12.1 Å². The lowest BCUT2D eigenvalue weighted by Gasteiger charge is -2.13. The summed E-state index contributed by atoms with van der Waals surface area (Å²) in [5.74, 6) is 0.417. The van der Waals surface area contributed by atoms with Crippen molar-refractivity contribution in [3.8, 4) is 10.4 Å². The van der Waals surface area contributed by atoms with Crippen LogP contribution in [-0.2, 0) is 13.1 Å². The van der Waals surface area contributed by atoms with Crippen molar-refractivity contribution in [3.05, 3.63) is 74.2 Å². The van der Waals surface area contributed by atoms with Crippen molar-refractivity contribution < 1.29 is 9.29 Å². The number of hydrogen-bond acceptors (Lipinski definition) is 4. The van der Waals surface area contributed by atoms with Crippen molar-refractivity contribution >= 4 is 32.9 Å². The number of hydrogen-bond donors (Lipinski definition) is 2. The molecule has 0 fully saturated rings. The molecule has 0 aliphatic heterocycles. The van der Waals surface area contributed by atoms with Crippen LogP contribution in [0.15, 0.2) is 46.6 Å². The maximum absolute atomic E-state index is 13.3. The first-order chi connectivity index (χ1) is 13.0. The third kappa shape index (κ3) is 3.85. The zero-order valence-corrected chi connectivity index (χ0v) is 16.6. The van der Waals surface area contributed by atoms with Crippen molar-refractivity contribution in [3.63, 3.8) is 0 Å². The van der Waals surface area contributed by atoms with E-state index in [0.29, 0.717) is 24.3 Å². The molecule has 0 radical (unpaired) electrons. The van der Waals surface area contributed by atoms with Crippen molar-refractivity contribution in [1.29, 1.82) is 0 Å². The Morgan fingerprint density at radius 2 is 2.07 bits per heavy atom. The number of H-pyrrole nitrogens is 1. The van der Waals surface area contributed by atoms with E-state index < -0.39 is 0 Å². The maximum atomic E-state index is 13.3. The first kappa shape index (κ1) is 18.0. The zero-order chi connectivity index (χ0) is 19.0. The first-order valence-electron chi connectivity index (χ1n) is 8.62. The van der Waals surface area contributed by atoms with Gasteiger partial charge in [-0.2, -0.15) is 0 Å². The van der Waals surface area contributed by atoms with Gasteiger partial charge < -0.3 is 9.88 Å². The third-order valence-electron chi connectivity index (χ3n) is 4.36. The molecule has 138 valence electrons.